The summed E-state index contributed by atoms with van der Waals surface area (Å²) in [6, 6.07) is 3.93. The third kappa shape index (κ3) is 1.24. The number of fused-ring (bicyclic) bond motifs is 1. The van der Waals surface area contributed by atoms with Gasteiger partial charge in [-0.15, -0.1) is 24.0 Å². The van der Waals surface area contributed by atoms with Gasteiger partial charge in [-0.05, 0) is 28.1 Å². The molecule has 0 aliphatic carbocycles. The van der Waals surface area contributed by atoms with E-state index < -0.39 is 0 Å². The maximum atomic E-state index is 5.72. The van der Waals surface area contributed by atoms with E-state index >= 15 is 0 Å². The Kier molecular flexibility index (Phi) is 2.06. The molecule has 1 heterocycles. The molecule has 0 aliphatic rings. The van der Waals surface area contributed by atoms with Gasteiger partial charge >= 0.3 is 0 Å². The van der Waals surface area contributed by atoms with E-state index in [0.29, 0.717) is 0 Å². The lowest BCUT2D eigenvalue weighted by Crippen LogP contribution is -1.85. The van der Waals surface area contributed by atoms with Crippen molar-refractivity contribution in [3.05, 3.63) is 22.0 Å². The Balaban J connectivity index is 2.87. The van der Waals surface area contributed by atoms with Crippen molar-refractivity contribution in [3.63, 3.8) is 0 Å². The Morgan fingerprint density at radius 1 is 1.42 bits per heavy atom. The Morgan fingerprint density at radius 2 is 2.17 bits per heavy atom. The molecule has 2 rings (SSSR count). The van der Waals surface area contributed by atoms with Crippen molar-refractivity contribution in [2.24, 2.45) is 0 Å². The first-order valence-corrected chi connectivity index (χ1v) is 5.45. The second-order valence-corrected chi connectivity index (χ2v) is 4.74. The van der Waals surface area contributed by atoms with E-state index in [1.54, 1.807) is 11.3 Å². The minimum atomic E-state index is 0.727. The van der Waals surface area contributed by atoms with Crippen LogP contribution in [0, 0.1) is 0 Å². The Morgan fingerprint density at radius 3 is 2.92 bits per heavy atom. The van der Waals surface area contributed by atoms with E-state index in [1.807, 2.05) is 12.1 Å². The summed E-state index contributed by atoms with van der Waals surface area (Å²) in [4.78, 5) is 0.844. The van der Waals surface area contributed by atoms with Crippen LogP contribution in [0.15, 0.2) is 26.9 Å². The van der Waals surface area contributed by atoms with Crippen molar-refractivity contribution < 1.29 is 0 Å². The van der Waals surface area contributed by atoms with E-state index in [9.17, 15) is 0 Å². The molecule has 0 amide bonds. The van der Waals surface area contributed by atoms with Crippen molar-refractivity contribution in [3.8, 4) is 0 Å². The van der Waals surface area contributed by atoms with Crippen molar-refractivity contribution in [1.82, 2.24) is 0 Å². The molecule has 12 heavy (non-hydrogen) atoms. The van der Waals surface area contributed by atoms with Crippen LogP contribution in [-0.4, -0.2) is 0 Å². The molecule has 2 N–H and O–H groups in total. The number of hydrogen-bond donors (Lipinski definition) is 2. The second kappa shape index (κ2) is 2.94. The number of thiophene rings is 1. The van der Waals surface area contributed by atoms with E-state index in [0.717, 1.165) is 20.4 Å². The van der Waals surface area contributed by atoms with Gasteiger partial charge in [-0.1, -0.05) is 0 Å². The summed E-state index contributed by atoms with van der Waals surface area (Å²) in [5.41, 5.74) is 6.45. The summed E-state index contributed by atoms with van der Waals surface area (Å²) in [7, 11) is 0. The highest BCUT2D eigenvalue weighted by atomic mass is 79.9. The molecule has 0 saturated heterocycles. The third-order valence-electron chi connectivity index (χ3n) is 1.68. The molecule has 0 bridgehead atoms. The predicted octanol–water partition coefficient (Wildman–Crippen LogP) is 3.53. The van der Waals surface area contributed by atoms with Crippen molar-refractivity contribution >= 4 is 55.7 Å². The lowest BCUT2D eigenvalue weighted by molar-refractivity contribution is 1.53. The zero-order chi connectivity index (χ0) is 8.72. The van der Waals surface area contributed by atoms with Crippen molar-refractivity contribution in [1.29, 1.82) is 0 Å². The summed E-state index contributed by atoms with van der Waals surface area (Å²) in [5, 5.41) is 3.22. The van der Waals surface area contributed by atoms with Gasteiger partial charge < -0.3 is 5.73 Å². The molecular formula is C8H6BrNS2. The number of thiol groups is 1. The van der Waals surface area contributed by atoms with E-state index in [1.165, 1.54) is 4.70 Å². The normalized spacial score (nSPS) is 10.8. The van der Waals surface area contributed by atoms with E-state index in [4.69, 9.17) is 5.73 Å². The van der Waals surface area contributed by atoms with Crippen LogP contribution in [0.5, 0.6) is 0 Å². The number of hydrogen-bond acceptors (Lipinski definition) is 3. The molecule has 0 spiro atoms. The average Bonchev–Trinajstić information content (AvgIpc) is 2.35. The average molecular weight is 260 g/mol. The van der Waals surface area contributed by atoms with Gasteiger partial charge in [0.25, 0.3) is 0 Å². The highest BCUT2D eigenvalue weighted by molar-refractivity contribution is 9.10. The van der Waals surface area contributed by atoms with Crippen LogP contribution in [-0.2, 0) is 0 Å². The zero-order valence-electron chi connectivity index (χ0n) is 6.04. The lowest BCUT2D eigenvalue weighted by Gasteiger charge is -1.98. The molecule has 0 saturated carbocycles. The summed E-state index contributed by atoms with van der Waals surface area (Å²) < 4.78 is 2.31. The summed E-state index contributed by atoms with van der Waals surface area (Å²) in [6.45, 7) is 0. The number of rotatable bonds is 0. The Labute approximate surface area is 88.1 Å². The quantitative estimate of drug-likeness (QED) is 0.550. The first-order chi connectivity index (χ1) is 5.68. The molecule has 1 nitrogen and oxygen atoms in total. The van der Waals surface area contributed by atoms with Crippen LogP contribution in [0.25, 0.3) is 10.1 Å². The van der Waals surface area contributed by atoms with Gasteiger partial charge in [-0.25, -0.2) is 0 Å². The summed E-state index contributed by atoms with van der Waals surface area (Å²) in [5.74, 6) is 0. The van der Waals surface area contributed by atoms with Gasteiger partial charge in [-0.2, -0.15) is 0 Å². The summed E-state index contributed by atoms with van der Waals surface area (Å²) >= 11 is 9.39. The van der Waals surface area contributed by atoms with Crippen LogP contribution < -0.4 is 5.73 Å². The topological polar surface area (TPSA) is 26.0 Å². The monoisotopic (exact) mass is 259 g/mol. The van der Waals surface area contributed by atoms with Gasteiger partial charge in [0.15, 0.2) is 0 Å². The lowest BCUT2D eigenvalue weighted by atomic mass is 10.2. The molecule has 2 aromatic rings. The predicted molar refractivity (Wildman–Crippen MR) is 61.2 cm³/mol. The number of anilines is 1. The number of halogens is 1. The molecular weight excluding hydrogens is 254 g/mol. The maximum absolute atomic E-state index is 5.72. The molecule has 0 atom stereocenters. The molecule has 1 aromatic carbocycles. The maximum Gasteiger partial charge on any atom is 0.0457 e. The minimum Gasteiger partial charge on any atom is -0.398 e. The first-order valence-electron chi connectivity index (χ1n) is 3.33. The molecule has 0 radical (unpaired) electrons. The van der Waals surface area contributed by atoms with E-state index in [-0.39, 0.29) is 0 Å². The van der Waals surface area contributed by atoms with Crippen molar-refractivity contribution in [2.45, 2.75) is 4.90 Å². The zero-order valence-corrected chi connectivity index (χ0v) is 9.34. The highest BCUT2D eigenvalue weighted by Crippen LogP contribution is 2.34. The number of nitrogen functional groups attached to an aromatic ring is 1. The van der Waals surface area contributed by atoms with Gasteiger partial charge in [0.05, 0.1) is 0 Å². The third-order valence-corrected chi connectivity index (χ3v) is 3.97. The number of nitrogens with two attached hydrogens (primary N) is 1. The largest absolute Gasteiger partial charge is 0.398 e. The molecule has 62 valence electrons. The fraction of sp³-hybridized carbons (Fsp3) is 0. The summed E-state index contributed by atoms with van der Waals surface area (Å²) in [6.07, 6.45) is 0. The van der Waals surface area contributed by atoms with Gasteiger partial charge in [-0.3, -0.25) is 0 Å². The molecule has 0 unspecified atom stereocenters. The molecule has 0 fully saturated rings. The van der Waals surface area contributed by atoms with Crippen LogP contribution in [0.3, 0.4) is 0 Å². The number of benzene rings is 1. The van der Waals surface area contributed by atoms with Crippen LogP contribution >= 0.6 is 39.9 Å². The van der Waals surface area contributed by atoms with E-state index in [2.05, 4.69) is 33.9 Å². The smallest absolute Gasteiger partial charge is 0.0457 e. The minimum absolute atomic E-state index is 0.727. The molecule has 4 heteroatoms. The SMILES string of the molecule is Nc1cc2c(Br)csc2cc1S. The van der Waals surface area contributed by atoms with Gasteiger partial charge in [0.1, 0.15) is 0 Å². The molecule has 1 aromatic heterocycles. The standard InChI is InChI=1S/C8H6BrNS2/c9-5-3-12-8-2-7(11)6(10)1-4(5)8/h1-3,11H,10H2. The van der Waals surface area contributed by atoms with Crippen LogP contribution in [0.2, 0.25) is 0 Å². The fourth-order valence-corrected chi connectivity index (χ4v) is 2.91. The van der Waals surface area contributed by atoms with Crippen LogP contribution in [0.1, 0.15) is 0 Å². The van der Waals surface area contributed by atoms with Gasteiger partial charge in [0.2, 0.25) is 0 Å². The fourth-order valence-electron chi connectivity index (χ4n) is 1.05. The Hall–Kier alpha value is -0.190. The first kappa shape index (κ1) is 8.41. The van der Waals surface area contributed by atoms with Crippen molar-refractivity contribution in [2.75, 3.05) is 5.73 Å². The Bertz CT molecular complexity index is 436. The van der Waals surface area contributed by atoms with Crippen LogP contribution in [0.4, 0.5) is 5.69 Å². The van der Waals surface area contributed by atoms with Gasteiger partial charge in [0, 0.05) is 30.5 Å². The molecule has 0 aliphatic heterocycles. The highest BCUT2D eigenvalue weighted by Gasteiger charge is 2.03. The second-order valence-electron chi connectivity index (χ2n) is 2.49.